The molecule has 0 aliphatic carbocycles. The molecule has 4 saturated heterocycles. The lowest BCUT2D eigenvalue weighted by molar-refractivity contribution is -0.403. The monoisotopic (exact) mass is 666 g/mol. The van der Waals surface area contributed by atoms with Gasteiger partial charge in [-0.1, -0.05) is 0 Å². The zero-order valence-electron chi connectivity index (χ0n) is 23.5. The highest BCUT2D eigenvalue weighted by atomic mass is 16.8. The van der Waals surface area contributed by atoms with Gasteiger partial charge in [0.1, 0.15) is 86.0 Å². The summed E-state index contributed by atoms with van der Waals surface area (Å²) in [7, 11) is 0. The topological polar surface area (TPSA) is 348 Å². The third-order valence-electron chi connectivity index (χ3n) is 8.32. The lowest BCUT2D eigenvalue weighted by atomic mass is 9.93. The van der Waals surface area contributed by atoms with Gasteiger partial charge < -0.3 is 105 Å². The Labute approximate surface area is 254 Å². The molecule has 0 unspecified atom stereocenters. The summed E-state index contributed by atoms with van der Waals surface area (Å²) in [6.07, 6.45) is -30.5. The van der Waals surface area contributed by atoms with E-state index in [2.05, 4.69) is 0 Å². The Morgan fingerprint density at radius 3 is 1.62 bits per heavy atom. The molecule has 4 aliphatic rings. The number of hydrogen-bond acceptors (Lipinski definition) is 21. The van der Waals surface area contributed by atoms with E-state index in [1.807, 2.05) is 0 Å². The standard InChI is InChI=1S/C24H42O21/c25-1-6-10(28)20(38)43-21(11(6)29)40-5-24(19(37)14(32)8(3-27)44-24)45-23-18(36)16(34)13(31)9(42-23)4-39-22-17(35)15(33)12(30)7(2-26)41-22/h6-23,25-38H,1-5H2/t6-,7+,8+,9+,10+,11+,12+,13-,14-,15-,16-,17+,18+,19-,20-,21-,22-,23+,24-/m0/s1. The molecule has 0 aromatic heterocycles. The van der Waals surface area contributed by atoms with Crippen molar-refractivity contribution in [3.63, 3.8) is 0 Å². The van der Waals surface area contributed by atoms with Crippen LogP contribution in [-0.2, 0) is 33.2 Å². The van der Waals surface area contributed by atoms with Crippen LogP contribution in [0.4, 0.5) is 0 Å². The maximum atomic E-state index is 10.9. The molecule has 4 fully saturated rings. The number of hydrogen-bond donors (Lipinski definition) is 14. The highest BCUT2D eigenvalue weighted by Crippen LogP contribution is 2.38. The van der Waals surface area contributed by atoms with Gasteiger partial charge in [-0.25, -0.2) is 0 Å². The van der Waals surface area contributed by atoms with E-state index in [-0.39, 0.29) is 0 Å². The van der Waals surface area contributed by atoms with Crippen molar-refractivity contribution in [3.05, 3.63) is 0 Å². The summed E-state index contributed by atoms with van der Waals surface area (Å²) in [5.74, 6) is -3.91. The maximum Gasteiger partial charge on any atom is 0.224 e. The zero-order chi connectivity index (χ0) is 33.4. The quantitative estimate of drug-likeness (QED) is 0.0973. The number of aliphatic hydroxyl groups is 14. The molecular formula is C24H42O21. The van der Waals surface area contributed by atoms with Gasteiger partial charge in [0.15, 0.2) is 25.2 Å². The molecule has 0 amide bonds. The van der Waals surface area contributed by atoms with Crippen molar-refractivity contribution < 1.29 is 105 Å². The van der Waals surface area contributed by atoms with Crippen LogP contribution in [0.2, 0.25) is 0 Å². The fraction of sp³-hybridized carbons (Fsp3) is 1.00. The summed E-state index contributed by atoms with van der Waals surface area (Å²) < 4.78 is 37.8. The molecule has 4 rings (SSSR count). The summed E-state index contributed by atoms with van der Waals surface area (Å²) in [5.41, 5.74) is 0. The second-order valence-electron chi connectivity index (χ2n) is 11.3. The SMILES string of the molecule is OC[C@H]1[C@@H](O)[C@@H](O)O[C@H](OC[C@@]2(O[C@H]3O[C@H](CO[C@H]4O[C@H](CO)[C@@H](O)[C@H](O)[C@H]4O)[C@H](O)[C@H](O)[C@H]3O)O[C@H](CO)[C@H](O)[C@@H]2O)[C@@H]1O. The molecule has 19 atom stereocenters. The molecule has 21 heteroatoms. The predicted octanol–water partition coefficient (Wildman–Crippen LogP) is -9.54. The van der Waals surface area contributed by atoms with E-state index in [0.29, 0.717) is 0 Å². The van der Waals surface area contributed by atoms with Gasteiger partial charge in [0.25, 0.3) is 0 Å². The van der Waals surface area contributed by atoms with Gasteiger partial charge in [0.2, 0.25) is 5.79 Å². The molecule has 45 heavy (non-hydrogen) atoms. The average Bonchev–Trinajstić information content (AvgIpc) is 3.26. The van der Waals surface area contributed by atoms with Crippen molar-refractivity contribution in [2.75, 3.05) is 33.0 Å². The summed E-state index contributed by atoms with van der Waals surface area (Å²) >= 11 is 0. The first-order valence-electron chi connectivity index (χ1n) is 14.1. The van der Waals surface area contributed by atoms with Crippen LogP contribution in [-0.4, -0.2) is 215 Å². The van der Waals surface area contributed by atoms with E-state index < -0.39 is 149 Å². The highest BCUT2D eigenvalue weighted by Gasteiger charge is 2.60. The lowest BCUT2D eigenvalue weighted by Crippen LogP contribution is -2.64. The fourth-order valence-electron chi connectivity index (χ4n) is 5.46. The molecule has 0 aromatic rings. The van der Waals surface area contributed by atoms with Crippen LogP contribution in [0.25, 0.3) is 0 Å². The maximum absolute atomic E-state index is 10.9. The molecule has 21 nitrogen and oxygen atoms in total. The minimum atomic E-state index is -2.57. The van der Waals surface area contributed by atoms with Crippen molar-refractivity contribution in [2.24, 2.45) is 5.92 Å². The van der Waals surface area contributed by atoms with Crippen LogP contribution in [0.15, 0.2) is 0 Å². The Morgan fingerprint density at radius 1 is 0.489 bits per heavy atom. The van der Waals surface area contributed by atoms with E-state index in [1.54, 1.807) is 0 Å². The lowest BCUT2D eigenvalue weighted by Gasteiger charge is -2.45. The van der Waals surface area contributed by atoms with Crippen molar-refractivity contribution in [1.29, 1.82) is 0 Å². The molecule has 0 bridgehead atoms. The minimum Gasteiger partial charge on any atom is -0.396 e. The largest absolute Gasteiger partial charge is 0.396 e. The van der Waals surface area contributed by atoms with Gasteiger partial charge in [-0.05, 0) is 0 Å². The Kier molecular flexibility index (Phi) is 12.5. The van der Waals surface area contributed by atoms with Crippen molar-refractivity contribution in [1.82, 2.24) is 0 Å². The van der Waals surface area contributed by atoms with Gasteiger partial charge >= 0.3 is 0 Å². The Balaban J connectivity index is 1.50. The van der Waals surface area contributed by atoms with Crippen molar-refractivity contribution in [3.8, 4) is 0 Å². The normalized spacial score (nSPS) is 52.7. The first-order valence-corrected chi connectivity index (χ1v) is 14.1. The molecule has 4 heterocycles. The van der Waals surface area contributed by atoms with Gasteiger partial charge in [-0.15, -0.1) is 0 Å². The molecule has 0 aromatic carbocycles. The number of ether oxygens (including phenoxy) is 7. The van der Waals surface area contributed by atoms with Gasteiger partial charge in [-0.2, -0.15) is 0 Å². The highest BCUT2D eigenvalue weighted by molar-refractivity contribution is 4.99. The Bertz CT molecular complexity index is 931. The Hall–Kier alpha value is -0.840. The van der Waals surface area contributed by atoms with E-state index in [4.69, 9.17) is 33.2 Å². The fourth-order valence-corrected chi connectivity index (χ4v) is 5.46. The van der Waals surface area contributed by atoms with E-state index in [1.165, 1.54) is 0 Å². The first kappa shape index (κ1) is 37.0. The van der Waals surface area contributed by atoms with E-state index in [9.17, 15) is 71.5 Å². The van der Waals surface area contributed by atoms with Crippen LogP contribution in [0, 0.1) is 5.92 Å². The molecule has 0 spiro atoms. The second kappa shape index (κ2) is 15.1. The van der Waals surface area contributed by atoms with Crippen LogP contribution in [0.1, 0.15) is 0 Å². The van der Waals surface area contributed by atoms with Crippen LogP contribution in [0.3, 0.4) is 0 Å². The number of rotatable bonds is 11. The summed E-state index contributed by atoms with van der Waals surface area (Å²) in [6, 6.07) is 0. The molecule has 14 N–H and O–H groups in total. The van der Waals surface area contributed by atoms with Crippen molar-refractivity contribution in [2.45, 2.75) is 110 Å². The van der Waals surface area contributed by atoms with Gasteiger partial charge in [0, 0.05) is 5.92 Å². The van der Waals surface area contributed by atoms with Crippen LogP contribution < -0.4 is 0 Å². The molecule has 4 aliphatic heterocycles. The third kappa shape index (κ3) is 7.29. The predicted molar refractivity (Wildman–Crippen MR) is 134 cm³/mol. The number of aliphatic hydroxyl groups excluding tert-OH is 14. The van der Waals surface area contributed by atoms with Gasteiger partial charge in [-0.3, -0.25) is 0 Å². The molecular weight excluding hydrogens is 624 g/mol. The summed E-state index contributed by atoms with van der Waals surface area (Å²) in [5, 5.41) is 142. The summed E-state index contributed by atoms with van der Waals surface area (Å²) in [6.45, 7) is -4.16. The second-order valence-corrected chi connectivity index (χ2v) is 11.3. The van der Waals surface area contributed by atoms with Crippen molar-refractivity contribution >= 4 is 0 Å². The first-order chi connectivity index (χ1) is 21.2. The Morgan fingerprint density at radius 2 is 1.04 bits per heavy atom. The van der Waals surface area contributed by atoms with E-state index in [0.717, 1.165) is 0 Å². The average molecular weight is 667 g/mol. The zero-order valence-corrected chi connectivity index (χ0v) is 23.5. The third-order valence-corrected chi connectivity index (χ3v) is 8.32. The van der Waals surface area contributed by atoms with Gasteiger partial charge in [0.05, 0.1) is 26.4 Å². The smallest absolute Gasteiger partial charge is 0.224 e. The minimum absolute atomic E-state index is 0.729. The van der Waals surface area contributed by atoms with E-state index >= 15 is 0 Å². The molecule has 0 radical (unpaired) electrons. The molecule has 0 saturated carbocycles. The molecule has 264 valence electrons. The van der Waals surface area contributed by atoms with Crippen LogP contribution in [0.5, 0.6) is 0 Å². The summed E-state index contributed by atoms with van der Waals surface area (Å²) in [4.78, 5) is 0. The van der Waals surface area contributed by atoms with Crippen LogP contribution >= 0.6 is 0 Å².